The minimum Gasteiger partial charge on any atom is -0.338 e. The summed E-state index contributed by atoms with van der Waals surface area (Å²) in [5.74, 6) is 0.322. The number of carbonyl (C=O) groups is 1. The second-order valence-corrected chi connectivity index (χ2v) is 6.88. The lowest BCUT2D eigenvalue weighted by atomic mass is 9.98. The average Bonchev–Trinajstić information content (AvgIpc) is 3.06. The maximum atomic E-state index is 12.7. The van der Waals surface area contributed by atoms with Crippen molar-refractivity contribution in [1.82, 2.24) is 14.5 Å². The molecule has 6 heteroatoms. The summed E-state index contributed by atoms with van der Waals surface area (Å²) in [7, 11) is 1.67. The van der Waals surface area contributed by atoms with Gasteiger partial charge in [0.1, 0.15) is 0 Å². The maximum Gasteiger partial charge on any atom is 0.255 e. The van der Waals surface area contributed by atoms with Gasteiger partial charge in [0.25, 0.3) is 5.91 Å². The molecule has 0 N–H and O–H groups in total. The fraction of sp³-hybridized carbons (Fsp3) is 0.471. The summed E-state index contributed by atoms with van der Waals surface area (Å²) in [6, 6.07) is 3.07. The van der Waals surface area contributed by atoms with Crippen molar-refractivity contribution in [2.24, 2.45) is 7.05 Å². The van der Waals surface area contributed by atoms with Crippen LogP contribution in [0.1, 0.15) is 46.7 Å². The summed E-state index contributed by atoms with van der Waals surface area (Å²) in [6.07, 6.45) is 4.63. The van der Waals surface area contributed by atoms with Gasteiger partial charge in [-0.05, 0) is 25.3 Å². The fourth-order valence-electron chi connectivity index (χ4n) is 2.94. The molecule has 1 saturated heterocycles. The minimum absolute atomic E-state index is 0.00225. The first-order valence-corrected chi connectivity index (χ1v) is 8.86. The second-order valence-electron chi connectivity index (χ2n) is 5.99. The van der Waals surface area contributed by atoms with Gasteiger partial charge in [0.15, 0.2) is 0 Å². The van der Waals surface area contributed by atoms with Gasteiger partial charge in [0.2, 0.25) is 5.56 Å². The minimum atomic E-state index is -0.104. The van der Waals surface area contributed by atoms with Crippen molar-refractivity contribution in [1.29, 1.82) is 0 Å². The third-order valence-corrected chi connectivity index (χ3v) is 5.38. The van der Waals surface area contributed by atoms with E-state index in [1.165, 1.54) is 10.6 Å². The maximum absolute atomic E-state index is 12.7. The van der Waals surface area contributed by atoms with Gasteiger partial charge >= 0.3 is 0 Å². The molecule has 0 aliphatic carbocycles. The number of aromatic nitrogens is 2. The van der Waals surface area contributed by atoms with E-state index in [1.807, 2.05) is 4.90 Å². The molecular formula is C17H21N3O2S. The van der Waals surface area contributed by atoms with Crippen molar-refractivity contribution in [2.75, 3.05) is 13.1 Å². The number of carbonyl (C=O) groups excluding carboxylic acids is 1. The molecule has 122 valence electrons. The first-order chi connectivity index (χ1) is 11.1. The van der Waals surface area contributed by atoms with Crippen molar-refractivity contribution in [3.8, 4) is 0 Å². The normalized spacial score (nSPS) is 18.2. The number of likely N-dealkylation sites (tertiary alicyclic amines) is 1. The zero-order chi connectivity index (χ0) is 16.4. The Bertz CT molecular complexity index is 765. The van der Waals surface area contributed by atoms with Gasteiger partial charge in [-0.3, -0.25) is 9.59 Å². The lowest BCUT2D eigenvalue weighted by molar-refractivity contribution is 0.0706. The molecule has 1 amide bonds. The number of nitrogens with zero attached hydrogens (tertiary/aromatic N) is 3. The predicted molar refractivity (Wildman–Crippen MR) is 91.1 cm³/mol. The Kier molecular flexibility index (Phi) is 4.61. The van der Waals surface area contributed by atoms with E-state index in [0.717, 1.165) is 36.5 Å². The second kappa shape index (κ2) is 6.66. The molecule has 23 heavy (non-hydrogen) atoms. The summed E-state index contributed by atoms with van der Waals surface area (Å²) >= 11 is 1.70. The van der Waals surface area contributed by atoms with Crippen LogP contribution in [0.4, 0.5) is 0 Å². The van der Waals surface area contributed by atoms with E-state index >= 15 is 0 Å². The van der Waals surface area contributed by atoms with Crippen molar-refractivity contribution >= 4 is 17.2 Å². The number of rotatable bonds is 3. The number of pyridine rings is 1. The first kappa shape index (κ1) is 15.9. The van der Waals surface area contributed by atoms with Crippen LogP contribution in [0.2, 0.25) is 0 Å². The van der Waals surface area contributed by atoms with Crippen molar-refractivity contribution < 1.29 is 4.79 Å². The topological polar surface area (TPSA) is 55.2 Å². The monoisotopic (exact) mass is 331 g/mol. The highest BCUT2D eigenvalue weighted by atomic mass is 32.1. The quantitative estimate of drug-likeness (QED) is 0.868. The highest BCUT2D eigenvalue weighted by Crippen LogP contribution is 2.30. The molecule has 0 aromatic carbocycles. The number of piperidine rings is 1. The Morgan fingerprint density at radius 3 is 2.96 bits per heavy atom. The van der Waals surface area contributed by atoms with Crippen molar-refractivity contribution in [2.45, 2.75) is 32.1 Å². The Labute approximate surface area is 139 Å². The van der Waals surface area contributed by atoms with Crippen LogP contribution in [0, 0.1) is 0 Å². The molecule has 2 aromatic rings. The van der Waals surface area contributed by atoms with Gasteiger partial charge in [-0.25, -0.2) is 4.98 Å². The number of amides is 1. The lowest BCUT2D eigenvalue weighted by Gasteiger charge is -2.32. The summed E-state index contributed by atoms with van der Waals surface area (Å²) in [5.41, 5.74) is 1.60. The molecular weight excluding hydrogens is 310 g/mol. The largest absolute Gasteiger partial charge is 0.338 e. The van der Waals surface area contributed by atoms with Gasteiger partial charge in [-0.1, -0.05) is 6.92 Å². The van der Waals surface area contributed by atoms with E-state index in [0.29, 0.717) is 18.0 Å². The van der Waals surface area contributed by atoms with Gasteiger partial charge in [0.05, 0.1) is 16.3 Å². The molecule has 1 atom stereocenters. The standard InChI is InChI=1S/C17H21N3O2S/c1-3-14-11-23-16(18-14)12-5-4-8-20(10-12)17(22)13-6-7-15(21)19(2)9-13/h6-7,9,11-12H,3-5,8,10H2,1-2H3. The first-order valence-electron chi connectivity index (χ1n) is 7.98. The van der Waals surface area contributed by atoms with Crippen LogP contribution in [-0.2, 0) is 13.5 Å². The number of aryl methyl sites for hydroxylation is 2. The van der Waals surface area contributed by atoms with Gasteiger partial charge in [0, 0.05) is 43.7 Å². The summed E-state index contributed by atoms with van der Waals surface area (Å²) in [6.45, 7) is 3.58. The SMILES string of the molecule is CCc1csc(C2CCCN(C(=O)c3ccc(=O)n(C)c3)C2)n1. The van der Waals surface area contributed by atoms with Crippen LogP contribution in [0.25, 0.3) is 0 Å². The molecule has 1 aliphatic heterocycles. The van der Waals surface area contributed by atoms with Crippen LogP contribution in [0.5, 0.6) is 0 Å². The van der Waals surface area contributed by atoms with Gasteiger partial charge in [-0.15, -0.1) is 11.3 Å². The zero-order valence-corrected chi connectivity index (χ0v) is 14.3. The van der Waals surface area contributed by atoms with Crippen LogP contribution < -0.4 is 5.56 Å². The number of hydrogen-bond donors (Lipinski definition) is 0. The smallest absolute Gasteiger partial charge is 0.255 e. The number of thiazole rings is 1. The number of hydrogen-bond acceptors (Lipinski definition) is 4. The van der Waals surface area contributed by atoms with E-state index in [4.69, 9.17) is 0 Å². The van der Waals surface area contributed by atoms with Crippen LogP contribution in [0.15, 0.2) is 28.5 Å². The fourth-order valence-corrected chi connectivity index (χ4v) is 3.97. The van der Waals surface area contributed by atoms with Crippen molar-refractivity contribution in [3.63, 3.8) is 0 Å². The third-order valence-electron chi connectivity index (χ3n) is 4.32. The average molecular weight is 331 g/mol. The van der Waals surface area contributed by atoms with E-state index in [1.54, 1.807) is 30.6 Å². The molecule has 0 radical (unpaired) electrons. The molecule has 0 saturated carbocycles. The summed E-state index contributed by atoms with van der Waals surface area (Å²) < 4.78 is 1.45. The summed E-state index contributed by atoms with van der Waals surface area (Å²) in [4.78, 5) is 30.7. The Hall–Kier alpha value is -1.95. The highest BCUT2D eigenvalue weighted by Gasteiger charge is 2.27. The third kappa shape index (κ3) is 3.37. The lowest BCUT2D eigenvalue weighted by Crippen LogP contribution is -2.39. The predicted octanol–water partition coefficient (Wildman–Crippen LogP) is 2.42. The molecule has 0 spiro atoms. The molecule has 1 unspecified atom stereocenters. The molecule has 2 aromatic heterocycles. The van der Waals surface area contributed by atoms with Crippen LogP contribution in [0.3, 0.4) is 0 Å². The Morgan fingerprint density at radius 2 is 2.26 bits per heavy atom. The Morgan fingerprint density at radius 1 is 1.43 bits per heavy atom. The molecule has 1 fully saturated rings. The van der Waals surface area contributed by atoms with Crippen molar-refractivity contribution in [3.05, 3.63) is 50.3 Å². The summed E-state index contributed by atoms with van der Waals surface area (Å²) in [5, 5.41) is 3.25. The van der Waals surface area contributed by atoms with Gasteiger partial charge < -0.3 is 9.47 Å². The molecule has 1 aliphatic rings. The highest BCUT2D eigenvalue weighted by molar-refractivity contribution is 7.09. The van der Waals surface area contributed by atoms with Crippen LogP contribution >= 0.6 is 11.3 Å². The molecule has 3 heterocycles. The van der Waals surface area contributed by atoms with E-state index in [-0.39, 0.29) is 11.5 Å². The molecule has 0 bridgehead atoms. The van der Waals surface area contributed by atoms with E-state index < -0.39 is 0 Å². The van der Waals surface area contributed by atoms with E-state index in [9.17, 15) is 9.59 Å². The Balaban J connectivity index is 1.76. The van der Waals surface area contributed by atoms with E-state index in [2.05, 4.69) is 17.3 Å². The zero-order valence-electron chi connectivity index (χ0n) is 13.5. The molecule has 5 nitrogen and oxygen atoms in total. The van der Waals surface area contributed by atoms with Gasteiger partial charge in [-0.2, -0.15) is 0 Å². The molecule has 3 rings (SSSR count). The van der Waals surface area contributed by atoms with Crippen LogP contribution in [-0.4, -0.2) is 33.4 Å².